The van der Waals surface area contributed by atoms with Crippen LogP contribution in [0.1, 0.15) is 27.2 Å². The Morgan fingerprint density at radius 1 is 1.17 bits per heavy atom. The summed E-state index contributed by atoms with van der Waals surface area (Å²) in [6.45, 7) is 6.49. The number of rotatable bonds is 3. The molecule has 0 aliphatic rings. The number of hydrogen-bond donors (Lipinski definition) is 1. The molecule has 0 bridgehead atoms. The predicted molar refractivity (Wildman–Crippen MR) is 76.7 cm³/mol. The van der Waals surface area contributed by atoms with Gasteiger partial charge in [0.15, 0.2) is 11.6 Å². The van der Waals surface area contributed by atoms with E-state index in [0.29, 0.717) is 5.82 Å². The number of fused-ring (bicyclic) bond motifs is 1. The van der Waals surface area contributed by atoms with E-state index in [1.807, 2.05) is 31.3 Å². The van der Waals surface area contributed by atoms with Crippen LogP contribution >= 0.6 is 0 Å². The Bertz CT molecular complexity index is 563. The second kappa shape index (κ2) is 4.44. The van der Waals surface area contributed by atoms with E-state index in [4.69, 9.17) is 5.73 Å². The lowest BCUT2D eigenvalue weighted by atomic mass is 10.00. The Hall–Kier alpha value is -1.84. The molecule has 4 heteroatoms. The third kappa shape index (κ3) is 2.10. The van der Waals surface area contributed by atoms with Crippen LogP contribution in [0.4, 0.5) is 11.6 Å². The first-order valence-electron chi connectivity index (χ1n) is 6.22. The average molecular weight is 244 g/mol. The molecule has 0 aliphatic carbocycles. The Kier molecular flexibility index (Phi) is 3.11. The summed E-state index contributed by atoms with van der Waals surface area (Å²) in [5, 5.41) is 0. The van der Waals surface area contributed by atoms with Crippen LogP contribution in [0, 0.1) is 0 Å². The standard InChI is InChI=1S/C14H20N4/c1-5-14(2,3)18(4)13-12(15)16-10-8-6-7-9-11(10)17-13/h6-9H,5H2,1-4H3,(H2,15,16). The van der Waals surface area contributed by atoms with Crippen molar-refractivity contribution in [3.05, 3.63) is 24.3 Å². The first-order chi connectivity index (χ1) is 8.45. The van der Waals surface area contributed by atoms with Gasteiger partial charge < -0.3 is 10.6 Å². The van der Waals surface area contributed by atoms with Crippen molar-refractivity contribution < 1.29 is 0 Å². The summed E-state index contributed by atoms with van der Waals surface area (Å²) in [6, 6.07) is 7.78. The summed E-state index contributed by atoms with van der Waals surface area (Å²) < 4.78 is 0. The molecule has 0 spiro atoms. The molecule has 1 heterocycles. The normalized spacial score (nSPS) is 11.8. The lowest BCUT2D eigenvalue weighted by molar-refractivity contribution is 0.468. The lowest BCUT2D eigenvalue weighted by Gasteiger charge is -2.36. The van der Waals surface area contributed by atoms with Crippen LogP contribution in [-0.4, -0.2) is 22.6 Å². The highest BCUT2D eigenvalue weighted by Crippen LogP contribution is 2.28. The van der Waals surface area contributed by atoms with Crippen molar-refractivity contribution in [3.63, 3.8) is 0 Å². The molecule has 0 atom stereocenters. The maximum absolute atomic E-state index is 6.02. The highest BCUT2D eigenvalue weighted by molar-refractivity contribution is 5.79. The van der Waals surface area contributed by atoms with Crippen molar-refractivity contribution in [1.29, 1.82) is 0 Å². The van der Waals surface area contributed by atoms with Gasteiger partial charge in [-0.2, -0.15) is 0 Å². The summed E-state index contributed by atoms with van der Waals surface area (Å²) in [7, 11) is 2.01. The monoisotopic (exact) mass is 244 g/mol. The molecule has 0 unspecified atom stereocenters. The zero-order chi connectivity index (χ0) is 13.3. The molecule has 4 nitrogen and oxygen atoms in total. The Labute approximate surface area is 108 Å². The SMILES string of the molecule is CCC(C)(C)N(C)c1nc2ccccc2nc1N. The topological polar surface area (TPSA) is 55.0 Å². The number of para-hydroxylation sites is 2. The smallest absolute Gasteiger partial charge is 0.172 e. The number of aromatic nitrogens is 2. The van der Waals surface area contributed by atoms with E-state index in [2.05, 4.69) is 35.6 Å². The second-order valence-electron chi connectivity index (χ2n) is 5.15. The van der Waals surface area contributed by atoms with Crippen molar-refractivity contribution in [2.75, 3.05) is 17.7 Å². The van der Waals surface area contributed by atoms with Crippen molar-refractivity contribution in [2.45, 2.75) is 32.7 Å². The third-order valence-electron chi connectivity index (χ3n) is 3.67. The van der Waals surface area contributed by atoms with E-state index < -0.39 is 0 Å². The fourth-order valence-electron chi connectivity index (χ4n) is 1.78. The molecule has 0 saturated heterocycles. The van der Waals surface area contributed by atoms with Crippen LogP contribution in [0.3, 0.4) is 0 Å². The van der Waals surface area contributed by atoms with Gasteiger partial charge in [-0.25, -0.2) is 9.97 Å². The summed E-state index contributed by atoms with van der Waals surface area (Å²) in [4.78, 5) is 11.1. The lowest BCUT2D eigenvalue weighted by Crippen LogP contribution is -2.41. The minimum atomic E-state index is 0.00522. The van der Waals surface area contributed by atoms with Gasteiger partial charge in [0.1, 0.15) is 0 Å². The fourth-order valence-corrected chi connectivity index (χ4v) is 1.78. The van der Waals surface area contributed by atoms with Gasteiger partial charge in [-0.05, 0) is 32.4 Å². The number of hydrogen-bond acceptors (Lipinski definition) is 4. The Morgan fingerprint density at radius 3 is 2.28 bits per heavy atom. The van der Waals surface area contributed by atoms with E-state index in [1.165, 1.54) is 0 Å². The molecule has 1 aromatic carbocycles. The molecule has 2 aromatic rings. The molecule has 0 saturated carbocycles. The van der Waals surface area contributed by atoms with Crippen LogP contribution < -0.4 is 10.6 Å². The molecule has 0 radical (unpaired) electrons. The molecule has 0 fully saturated rings. The van der Waals surface area contributed by atoms with E-state index in [0.717, 1.165) is 23.3 Å². The predicted octanol–water partition coefficient (Wildman–Crippen LogP) is 2.84. The van der Waals surface area contributed by atoms with Gasteiger partial charge in [0.05, 0.1) is 11.0 Å². The van der Waals surface area contributed by atoms with Crippen molar-refractivity contribution in [3.8, 4) is 0 Å². The van der Waals surface area contributed by atoms with Gasteiger partial charge in [-0.1, -0.05) is 19.1 Å². The zero-order valence-corrected chi connectivity index (χ0v) is 11.4. The third-order valence-corrected chi connectivity index (χ3v) is 3.67. The van der Waals surface area contributed by atoms with E-state index in [9.17, 15) is 0 Å². The molecule has 2 N–H and O–H groups in total. The largest absolute Gasteiger partial charge is 0.381 e. The highest BCUT2D eigenvalue weighted by Gasteiger charge is 2.24. The average Bonchev–Trinajstić information content (AvgIpc) is 2.37. The quantitative estimate of drug-likeness (QED) is 0.902. The van der Waals surface area contributed by atoms with Crippen molar-refractivity contribution in [1.82, 2.24) is 9.97 Å². The second-order valence-corrected chi connectivity index (χ2v) is 5.15. The van der Waals surface area contributed by atoms with Crippen molar-refractivity contribution >= 4 is 22.7 Å². The highest BCUT2D eigenvalue weighted by atomic mass is 15.2. The van der Waals surface area contributed by atoms with Crippen LogP contribution in [0.25, 0.3) is 11.0 Å². The van der Waals surface area contributed by atoms with Crippen LogP contribution in [0.15, 0.2) is 24.3 Å². The number of benzene rings is 1. The molecule has 0 aliphatic heterocycles. The fraction of sp³-hybridized carbons (Fsp3) is 0.429. The molecule has 0 amide bonds. The number of anilines is 2. The van der Waals surface area contributed by atoms with Gasteiger partial charge in [0, 0.05) is 12.6 Å². The first kappa shape index (κ1) is 12.6. The zero-order valence-electron chi connectivity index (χ0n) is 11.4. The minimum Gasteiger partial charge on any atom is -0.381 e. The summed E-state index contributed by atoms with van der Waals surface area (Å²) in [5.74, 6) is 1.23. The van der Waals surface area contributed by atoms with Gasteiger partial charge in [0.2, 0.25) is 0 Å². The number of nitrogens with two attached hydrogens (primary N) is 1. The van der Waals surface area contributed by atoms with Gasteiger partial charge in [-0.15, -0.1) is 0 Å². The van der Waals surface area contributed by atoms with Gasteiger partial charge >= 0.3 is 0 Å². The summed E-state index contributed by atoms with van der Waals surface area (Å²) in [6.07, 6.45) is 1.01. The molecular formula is C14H20N4. The van der Waals surface area contributed by atoms with Crippen LogP contribution in [0.2, 0.25) is 0 Å². The molecule has 18 heavy (non-hydrogen) atoms. The van der Waals surface area contributed by atoms with E-state index >= 15 is 0 Å². The maximum Gasteiger partial charge on any atom is 0.172 e. The summed E-state index contributed by atoms with van der Waals surface area (Å²) >= 11 is 0. The maximum atomic E-state index is 6.02. The molecule has 96 valence electrons. The Morgan fingerprint density at radius 2 is 1.72 bits per heavy atom. The van der Waals surface area contributed by atoms with E-state index in [1.54, 1.807) is 0 Å². The van der Waals surface area contributed by atoms with Crippen LogP contribution in [0.5, 0.6) is 0 Å². The molecule has 1 aromatic heterocycles. The van der Waals surface area contributed by atoms with Crippen LogP contribution in [-0.2, 0) is 0 Å². The van der Waals surface area contributed by atoms with Crippen molar-refractivity contribution in [2.24, 2.45) is 0 Å². The first-order valence-corrected chi connectivity index (χ1v) is 6.22. The minimum absolute atomic E-state index is 0.00522. The number of nitrogen functional groups attached to an aromatic ring is 1. The molecular weight excluding hydrogens is 224 g/mol. The molecule has 2 rings (SSSR count). The van der Waals surface area contributed by atoms with Gasteiger partial charge in [0.25, 0.3) is 0 Å². The summed E-state index contributed by atoms with van der Waals surface area (Å²) in [5.41, 5.74) is 7.74. The van der Waals surface area contributed by atoms with Gasteiger partial charge in [-0.3, -0.25) is 0 Å². The van der Waals surface area contributed by atoms with E-state index in [-0.39, 0.29) is 5.54 Å². The Balaban J connectivity index is 2.54. The number of nitrogens with zero attached hydrogens (tertiary/aromatic N) is 3.